The second kappa shape index (κ2) is 6.74. The zero-order valence-corrected chi connectivity index (χ0v) is 12.8. The Bertz CT molecular complexity index is 684. The monoisotopic (exact) mass is 305 g/mol. The average molecular weight is 305 g/mol. The van der Waals surface area contributed by atoms with Crippen LogP contribution < -0.4 is 4.90 Å². The van der Waals surface area contributed by atoms with Crippen LogP contribution in [0.25, 0.3) is 0 Å². The summed E-state index contributed by atoms with van der Waals surface area (Å²) in [6.45, 7) is 3.58. The third-order valence-corrected chi connectivity index (χ3v) is 4.36. The van der Waals surface area contributed by atoms with Crippen LogP contribution in [-0.2, 0) is 16.5 Å². The van der Waals surface area contributed by atoms with Crippen LogP contribution in [0.3, 0.4) is 0 Å². The average Bonchev–Trinajstić information content (AvgIpc) is 2.48. The van der Waals surface area contributed by atoms with E-state index in [4.69, 9.17) is 0 Å². The normalized spacial score (nSPS) is 11.3. The Morgan fingerprint density at radius 1 is 1.00 bits per heavy atom. The number of rotatable bonds is 6. The van der Waals surface area contributed by atoms with E-state index in [9.17, 15) is 13.0 Å². The first-order valence-corrected chi connectivity index (χ1v) is 8.31. The Balaban J connectivity index is 2.16. The van der Waals surface area contributed by atoms with Crippen LogP contribution in [0.15, 0.2) is 59.5 Å². The van der Waals surface area contributed by atoms with E-state index in [-0.39, 0.29) is 4.90 Å². The fourth-order valence-corrected chi connectivity index (χ4v) is 3.08. The van der Waals surface area contributed by atoms with Crippen LogP contribution in [0.5, 0.6) is 0 Å². The van der Waals surface area contributed by atoms with Crippen molar-refractivity contribution < 1.29 is 13.0 Å². The highest BCUT2D eigenvalue weighted by Crippen LogP contribution is 2.18. The van der Waals surface area contributed by atoms with E-state index < -0.39 is 10.1 Å². The maximum absolute atomic E-state index is 11.4. The molecule has 0 spiro atoms. The Kier molecular flexibility index (Phi) is 4.98. The molecule has 1 N–H and O–H groups in total. The molecule has 0 unspecified atom stereocenters. The second-order valence-electron chi connectivity index (χ2n) is 4.75. The van der Waals surface area contributed by atoms with Crippen molar-refractivity contribution in [2.45, 2.75) is 18.2 Å². The lowest BCUT2D eigenvalue weighted by atomic mass is 10.1. The van der Waals surface area contributed by atoms with E-state index in [0.717, 1.165) is 12.2 Å². The Morgan fingerprint density at radius 3 is 2.24 bits per heavy atom. The maximum Gasteiger partial charge on any atom is 0.294 e. The summed E-state index contributed by atoms with van der Waals surface area (Å²) in [7, 11) is -4.17. The number of hydrogen-bond donors (Lipinski definition) is 1. The van der Waals surface area contributed by atoms with E-state index in [1.165, 1.54) is 6.07 Å². The first kappa shape index (κ1) is 15.5. The molecular weight excluding hydrogens is 286 g/mol. The zero-order valence-electron chi connectivity index (χ0n) is 11.9. The Labute approximate surface area is 125 Å². The number of nitrogens with zero attached hydrogens (tertiary/aromatic N) is 1. The summed E-state index contributed by atoms with van der Waals surface area (Å²) in [5, 5.41) is 0. The number of hydrogen-bond acceptors (Lipinski definition) is 3. The minimum absolute atomic E-state index is 0.00545. The third-order valence-electron chi connectivity index (χ3n) is 3.40. The van der Waals surface area contributed by atoms with Gasteiger partial charge in [0.05, 0.1) is 4.90 Å². The van der Waals surface area contributed by atoms with E-state index in [1.807, 2.05) is 30.3 Å². The van der Waals surface area contributed by atoms with Crippen LogP contribution >= 0.6 is 0 Å². The summed E-state index contributed by atoms with van der Waals surface area (Å²) in [4.78, 5) is 2.16. The number of para-hydroxylation sites is 1. The fraction of sp³-hybridized carbons (Fsp3) is 0.250. The first-order valence-electron chi connectivity index (χ1n) is 6.87. The lowest BCUT2D eigenvalue weighted by Crippen LogP contribution is -2.25. The van der Waals surface area contributed by atoms with Crippen LogP contribution in [0.1, 0.15) is 12.5 Å². The summed E-state index contributed by atoms with van der Waals surface area (Å²) in [6.07, 6.45) is 0.554. The summed E-state index contributed by atoms with van der Waals surface area (Å²) in [6, 6.07) is 16.5. The second-order valence-corrected chi connectivity index (χ2v) is 6.14. The molecule has 0 atom stereocenters. The van der Waals surface area contributed by atoms with Crippen molar-refractivity contribution >= 4 is 15.8 Å². The SMILES string of the molecule is CCN(CCc1ccccc1S(=O)(=O)O)c1ccccc1. The van der Waals surface area contributed by atoms with Gasteiger partial charge >= 0.3 is 0 Å². The maximum atomic E-state index is 11.4. The minimum atomic E-state index is -4.17. The highest BCUT2D eigenvalue weighted by molar-refractivity contribution is 7.85. The van der Waals surface area contributed by atoms with Crippen molar-refractivity contribution in [1.29, 1.82) is 0 Å². The van der Waals surface area contributed by atoms with E-state index in [2.05, 4.69) is 11.8 Å². The molecule has 0 aliphatic carbocycles. The van der Waals surface area contributed by atoms with Crippen LogP contribution in [0, 0.1) is 0 Å². The summed E-state index contributed by atoms with van der Waals surface area (Å²) in [5.74, 6) is 0. The largest absolute Gasteiger partial charge is 0.371 e. The number of benzene rings is 2. The standard InChI is InChI=1S/C16H19NO3S/c1-2-17(15-9-4-3-5-10-15)13-12-14-8-6-7-11-16(14)21(18,19)20/h3-11H,2,12-13H2,1H3,(H,18,19,20). The van der Waals surface area contributed by atoms with Gasteiger partial charge in [0.2, 0.25) is 0 Å². The molecule has 0 saturated carbocycles. The molecule has 4 nitrogen and oxygen atoms in total. The van der Waals surface area contributed by atoms with Crippen molar-refractivity contribution in [3.05, 3.63) is 60.2 Å². The van der Waals surface area contributed by atoms with Gasteiger partial charge in [-0.2, -0.15) is 8.42 Å². The van der Waals surface area contributed by atoms with Gasteiger partial charge in [-0.15, -0.1) is 0 Å². The van der Waals surface area contributed by atoms with E-state index >= 15 is 0 Å². The molecule has 0 aliphatic rings. The predicted octanol–water partition coefficient (Wildman–Crippen LogP) is 3.00. The Morgan fingerprint density at radius 2 is 1.62 bits per heavy atom. The van der Waals surface area contributed by atoms with Gasteiger partial charge in [-0.1, -0.05) is 36.4 Å². The molecular formula is C16H19NO3S. The molecule has 0 saturated heterocycles. The molecule has 0 aliphatic heterocycles. The predicted molar refractivity (Wildman–Crippen MR) is 84.3 cm³/mol. The molecule has 0 radical (unpaired) electrons. The lowest BCUT2D eigenvalue weighted by molar-refractivity contribution is 0.482. The molecule has 112 valence electrons. The van der Waals surface area contributed by atoms with Crippen LogP contribution in [0.4, 0.5) is 5.69 Å². The smallest absolute Gasteiger partial charge is 0.294 e. The van der Waals surface area contributed by atoms with Crippen LogP contribution in [0.2, 0.25) is 0 Å². The topological polar surface area (TPSA) is 57.6 Å². The van der Waals surface area contributed by atoms with Gasteiger partial charge in [0.1, 0.15) is 0 Å². The van der Waals surface area contributed by atoms with Gasteiger partial charge in [0.25, 0.3) is 10.1 Å². The summed E-state index contributed by atoms with van der Waals surface area (Å²) >= 11 is 0. The van der Waals surface area contributed by atoms with Crippen LogP contribution in [-0.4, -0.2) is 26.1 Å². The van der Waals surface area contributed by atoms with Gasteiger partial charge in [-0.3, -0.25) is 4.55 Å². The highest BCUT2D eigenvalue weighted by atomic mass is 32.2. The number of anilines is 1. The molecule has 0 fully saturated rings. The quantitative estimate of drug-likeness (QED) is 0.834. The molecule has 0 aromatic heterocycles. The number of likely N-dealkylation sites (N-methyl/N-ethyl adjacent to an activating group) is 1. The van der Waals surface area contributed by atoms with Gasteiger partial charge in [0.15, 0.2) is 0 Å². The summed E-state index contributed by atoms with van der Waals surface area (Å²) in [5.41, 5.74) is 1.73. The van der Waals surface area contributed by atoms with Gasteiger partial charge < -0.3 is 4.90 Å². The van der Waals surface area contributed by atoms with Crippen molar-refractivity contribution in [1.82, 2.24) is 0 Å². The molecule has 2 aromatic carbocycles. The van der Waals surface area contributed by atoms with Gasteiger partial charge in [-0.25, -0.2) is 0 Å². The zero-order chi connectivity index (χ0) is 15.3. The molecule has 0 heterocycles. The highest BCUT2D eigenvalue weighted by Gasteiger charge is 2.15. The Hall–Kier alpha value is -1.85. The third kappa shape index (κ3) is 4.06. The van der Waals surface area contributed by atoms with Crippen molar-refractivity contribution in [2.24, 2.45) is 0 Å². The molecule has 21 heavy (non-hydrogen) atoms. The molecule has 0 bridgehead atoms. The van der Waals surface area contributed by atoms with E-state index in [0.29, 0.717) is 18.5 Å². The fourth-order valence-electron chi connectivity index (χ4n) is 2.33. The molecule has 0 amide bonds. The summed E-state index contributed by atoms with van der Waals surface area (Å²) < 4.78 is 32.0. The van der Waals surface area contributed by atoms with Crippen molar-refractivity contribution in [2.75, 3.05) is 18.0 Å². The molecule has 5 heteroatoms. The van der Waals surface area contributed by atoms with Gasteiger partial charge in [0, 0.05) is 18.8 Å². The van der Waals surface area contributed by atoms with Crippen molar-refractivity contribution in [3.8, 4) is 0 Å². The van der Waals surface area contributed by atoms with Gasteiger partial charge in [-0.05, 0) is 37.1 Å². The van der Waals surface area contributed by atoms with Crippen molar-refractivity contribution in [3.63, 3.8) is 0 Å². The molecule has 2 rings (SSSR count). The van der Waals surface area contributed by atoms with E-state index in [1.54, 1.807) is 18.2 Å². The minimum Gasteiger partial charge on any atom is -0.371 e. The molecule has 2 aromatic rings. The first-order chi connectivity index (χ1) is 10.0. The lowest BCUT2D eigenvalue weighted by Gasteiger charge is -2.23.